The van der Waals surface area contributed by atoms with Crippen molar-refractivity contribution < 1.29 is 4.52 Å². The maximum atomic E-state index is 5.33. The van der Waals surface area contributed by atoms with E-state index in [0.717, 1.165) is 33.3 Å². The number of halogens is 1. The van der Waals surface area contributed by atoms with E-state index < -0.39 is 0 Å². The van der Waals surface area contributed by atoms with Crippen molar-refractivity contribution in [2.45, 2.75) is 12.8 Å². The van der Waals surface area contributed by atoms with Gasteiger partial charge in [-0.3, -0.25) is 0 Å². The molecule has 2 aromatic heterocycles. The summed E-state index contributed by atoms with van der Waals surface area (Å²) in [5.74, 6) is 2.15. The number of hydrogen-bond acceptors (Lipinski definition) is 4. The van der Waals surface area contributed by atoms with Gasteiger partial charge in [0.05, 0.1) is 11.0 Å². The molecule has 0 amide bonds. The number of nitrogens with one attached hydrogen (secondary N) is 1. The van der Waals surface area contributed by atoms with E-state index in [1.54, 1.807) is 0 Å². The zero-order chi connectivity index (χ0) is 15.6. The largest absolute Gasteiger partial charge is 0.342 e. The maximum Gasteiger partial charge on any atom is 0.227 e. The normalized spacial score (nSPS) is 11.2. The molecule has 0 aliphatic heterocycles. The van der Waals surface area contributed by atoms with Crippen LogP contribution in [-0.4, -0.2) is 20.1 Å². The van der Waals surface area contributed by atoms with Crippen LogP contribution in [0.2, 0.25) is 0 Å². The first kappa shape index (κ1) is 14.1. The third-order valence-corrected chi connectivity index (χ3v) is 4.11. The van der Waals surface area contributed by atoms with E-state index in [2.05, 4.69) is 36.0 Å². The fraction of sp³-hybridized carbons (Fsp3) is 0.118. The van der Waals surface area contributed by atoms with Gasteiger partial charge < -0.3 is 9.51 Å². The number of fused-ring (bicyclic) bond motifs is 1. The Morgan fingerprint density at radius 1 is 0.957 bits per heavy atom. The predicted octanol–water partition coefficient (Wildman–Crippen LogP) is 4.16. The zero-order valence-electron chi connectivity index (χ0n) is 12.2. The lowest BCUT2D eigenvalue weighted by Gasteiger charge is -1.93. The molecule has 2 aromatic carbocycles. The quantitative estimate of drug-likeness (QED) is 0.587. The Bertz CT molecular complexity index is 910. The number of hydrogen-bond donors (Lipinski definition) is 1. The first-order valence-corrected chi connectivity index (χ1v) is 8.09. The molecule has 5 nitrogen and oxygen atoms in total. The van der Waals surface area contributed by atoms with Gasteiger partial charge in [-0.2, -0.15) is 4.98 Å². The predicted molar refractivity (Wildman–Crippen MR) is 90.9 cm³/mol. The van der Waals surface area contributed by atoms with Crippen LogP contribution in [0.4, 0.5) is 0 Å². The van der Waals surface area contributed by atoms with Crippen LogP contribution in [0.25, 0.3) is 22.4 Å². The molecule has 0 bridgehead atoms. The van der Waals surface area contributed by atoms with E-state index >= 15 is 0 Å². The van der Waals surface area contributed by atoms with Crippen molar-refractivity contribution in [3.63, 3.8) is 0 Å². The summed E-state index contributed by atoms with van der Waals surface area (Å²) in [6.45, 7) is 0. The van der Waals surface area contributed by atoms with Crippen molar-refractivity contribution in [2.75, 3.05) is 0 Å². The van der Waals surface area contributed by atoms with Gasteiger partial charge >= 0.3 is 0 Å². The minimum atomic E-state index is 0.608. The number of nitrogens with zero attached hydrogens (tertiary/aromatic N) is 3. The topological polar surface area (TPSA) is 67.6 Å². The van der Waals surface area contributed by atoms with Crippen LogP contribution < -0.4 is 0 Å². The van der Waals surface area contributed by atoms with Gasteiger partial charge in [0.15, 0.2) is 0 Å². The van der Waals surface area contributed by atoms with Crippen LogP contribution in [0, 0.1) is 0 Å². The summed E-state index contributed by atoms with van der Waals surface area (Å²) in [7, 11) is 0. The van der Waals surface area contributed by atoms with Gasteiger partial charge in [0.1, 0.15) is 5.82 Å². The minimum Gasteiger partial charge on any atom is -0.342 e. The first-order chi connectivity index (χ1) is 11.3. The van der Waals surface area contributed by atoms with Crippen LogP contribution in [0.5, 0.6) is 0 Å². The summed E-state index contributed by atoms with van der Waals surface area (Å²) in [4.78, 5) is 12.3. The molecule has 0 atom stereocenters. The summed E-state index contributed by atoms with van der Waals surface area (Å²) < 4.78 is 6.35. The number of aromatic amines is 1. The number of aromatic nitrogens is 4. The Hall–Kier alpha value is -2.47. The number of rotatable bonds is 4. The molecular weight excluding hydrogens is 356 g/mol. The average Bonchev–Trinajstić information content (AvgIpc) is 3.20. The van der Waals surface area contributed by atoms with Crippen LogP contribution in [0.15, 0.2) is 57.5 Å². The lowest BCUT2D eigenvalue weighted by atomic mass is 10.2. The minimum absolute atomic E-state index is 0.608. The standard InChI is InChI=1S/C17H13BrN4O/c18-12-7-5-11(6-8-12)17-21-16(23-22-17)10-9-15-19-13-3-1-2-4-14(13)20-15/h1-8H,9-10H2,(H,19,20). The van der Waals surface area contributed by atoms with Crippen molar-refractivity contribution in [2.24, 2.45) is 0 Å². The van der Waals surface area contributed by atoms with Crippen molar-refractivity contribution in [1.29, 1.82) is 0 Å². The molecule has 0 spiro atoms. The summed E-state index contributed by atoms with van der Waals surface area (Å²) in [5, 5.41) is 4.04. The highest BCUT2D eigenvalue weighted by Crippen LogP contribution is 2.19. The molecule has 0 aliphatic rings. The van der Waals surface area contributed by atoms with E-state index in [-0.39, 0.29) is 0 Å². The third-order valence-electron chi connectivity index (χ3n) is 3.58. The fourth-order valence-corrected chi connectivity index (χ4v) is 2.69. The zero-order valence-corrected chi connectivity index (χ0v) is 13.7. The molecule has 2 heterocycles. The molecule has 4 rings (SSSR count). The van der Waals surface area contributed by atoms with Gasteiger partial charge in [-0.25, -0.2) is 4.98 Å². The van der Waals surface area contributed by atoms with Gasteiger partial charge in [0.2, 0.25) is 11.7 Å². The molecule has 0 fully saturated rings. The lowest BCUT2D eigenvalue weighted by molar-refractivity contribution is 0.378. The summed E-state index contributed by atoms with van der Waals surface area (Å²) >= 11 is 3.41. The Morgan fingerprint density at radius 2 is 1.78 bits per heavy atom. The molecule has 4 aromatic rings. The van der Waals surface area contributed by atoms with Crippen LogP contribution in [0.1, 0.15) is 11.7 Å². The average molecular weight is 369 g/mol. The van der Waals surface area contributed by atoms with Crippen molar-refractivity contribution in [3.8, 4) is 11.4 Å². The Morgan fingerprint density at radius 3 is 2.61 bits per heavy atom. The maximum absolute atomic E-state index is 5.33. The molecule has 1 N–H and O–H groups in total. The fourth-order valence-electron chi connectivity index (χ4n) is 2.42. The number of imidazole rings is 1. The van der Waals surface area contributed by atoms with E-state index in [4.69, 9.17) is 4.52 Å². The van der Waals surface area contributed by atoms with E-state index in [1.165, 1.54) is 0 Å². The lowest BCUT2D eigenvalue weighted by Crippen LogP contribution is -1.93. The van der Waals surface area contributed by atoms with E-state index in [9.17, 15) is 0 Å². The second-order valence-corrected chi connectivity index (χ2v) is 6.13. The monoisotopic (exact) mass is 368 g/mol. The van der Waals surface area contributed by atoms with E-state index in [1.807, 2.05) is 48.5 Å². The highest BCUT2D eigenvalue weighted by Gasteiger charge is 2.10. The summed E-state index contributed by atoms with van der Waals surface area (Å²) in [6, 6.07) is 15.8. The Labute approximate surface area is 140 Å². The number of benzene rings is 2. The van der Waals surface area contributed by atoms with Crippen LogP contribution in [-0.2, 0) is 12.8 Å². The molecule has 114 valence electrons. The first-order valence-electron chi connectivity index (χ1n) is 7.30. The highest BCUT2D eigenvalue weighted by molar-refractivity contribution is 9.10. The Balaban J connectivity index is 1.48. The molecule has 6 heteroatoms. The smallest absolute Gasteiger partial charge is 0.227 e. The second kappa shape index (κ2) is 5.96. The van der Waals surface area contributed by atoms with Gasteiger partial charge in [0.25, 0.3) is 0 Å². The second-order valence-electron chi connectivity index (χ2n) is 5.22. The van der Waals surface area contributed by atoms with Gasteiger partial charge in [0, 0.05) is 22.9 Å². The van der Waals surface area contributed by atoms with Crippen LogP contribution >= 0.6 is 15.9 Å². The third kappa shape index (κ3) is 3.03. The van der Waals surface area contributed by atoms with Gasteiger partial charge in [-0.15, -0.1) is 0 Å². The molecule has 0 aliphatic carbocycles. The Kier molecular flexibility index (Phi) is 3.67. The summed E-state index contributed by atoms with van der Waals surface area (Å²) in [6.07, 6.45) is 1.39. The molecule has 0 unspecified atom stereocenters. The number of aryl methyl sites for hydroxylation is 2. The van der Waals surface area contributed by atoms with Gasteiger partial charge in [-0.05, 0) is 36.4 Å². The van der Waals surface area contributed by atoms with Crippen molar-refractivity contribution in [3.05, 3.63) is 64.7 Å². The molecule has 0 saturated carbocycles. The molecular formula is C17H13BrN4O. The summed E-state index contributed by atoms with van der Waals surface area (Å²) in [5.41, 5.74) is 2.96. The van der Waals surface area contributed by atoms with Crippen molar-refractivity contribution >= 4 is 27.0 Å². The van der Waals surface area contributed by atoms with E-state index in [0.29, 0.717) is 18.1 Å². The molecule has 0 radical (unpaired) electrons. The molecule has 0 saturated heterocycles. The van der Waals surface area contributed by atoms with Gasteiger partial charge in [-0.1, -0.05) is 33.2 Å². The molecule has 23 heavy (non-hydrogen) atoms. The number of H-pyrrole nitrogens is 1. The SMILES string of the molecule is Brc1ccc(-c2noc(CCc3nc4ccccc4[nH]3)n2)cc1. The highest BCUT2D eigenvalue weighted by atomic mass is 79.9. The van der Waals surface area contributed by atoms with Crippen LogP contribution in [0.3, 0.4) is 0 Å². The number of para-hydroxylation sites is 2. The van der Waals surface area contributed by atoms with Crippen molar-refractivity contribution in [1.82, 2.24) is 20.1 Å².